The molecule has 0 radical (unpaired) electrons. The number of ketones is 3. The van der Waals surface area contributed by atoms with Gasteiger partial charge in [-0.2, -0.15) is 11.8 Å². The molecular weight excluding hydrogens is 1060 g/mol. The van der Waals surface area contributed by atoms with E-state index >= 15 is 0 Å². The first-order valence-corrected chi connectivity index (χ1v) is 30.3. The number of hydrogen-bond donors (Lipinski definition) is 5. The zero-order valence-electron chi connectivity index (χ0n) is 49.0. The molecule has 450 valence electrons. The fourth-order valence-corrected chi connectivity index (χ4v) is 10.5. The van der Waals surface area contributed by atoms with Crippen LogP contribution in [0.2, 0.25) is 0 Å². The number of unbranched alkanes of at least 4 members (excludes halogenated alkanes) is 2. The number of ether oxygens (including phenoxy) is 5. The number of thioether (sulfide) groups is 1. The van der Waals surface area contributed by atoms with E-state index in [9.17, 15) is 43.2 Å². The number of hydrogen-bond acceptors (Lipinski definition) is 15. The molecule has 6 N–H and O–H groups in total. The summed E-state index contributed by atoms with van der Waals surface area (Å²) in [4.78, 5) is 113. The summed E-state index contributed by atoms with van der Waals surface area (Å²) in [6.07, 6.45) is 16.5. The Morgan fingerprint density at radius 2 is 1.56 bits per heavy atom. The van der Waals surface area contributed by atoms with E-state index in [1.54, 1.807) is 37.3 Å². The van der Waals surface area contributed by atoms with Crippen LogP contribution < -0.4 is 27.0 Å². The average Bonchev–Trinajstić information content (AvgIpc) is 4.18. The molecule has 4 rings (SSSR count). The van der Waals surface area contributed by atoms with E-state index in [-0.39, 0.29) is 135 Å². The lowest BCUT2D eigenvalue weighted by molar-refractivity contribution is -0.145. The molecule has 1 aromatic carbocycles. The molecule has 0 bridgehead atoms. The van der Waals surface area contributed by atoms with E-state index in [4.69, 9.17) is 29.4 Å². The second-order valence-electron chi connectivity index (χ2n) is 22.5. The number of carbonyl (C=O) groups is 9. The summed E-state index contributed by atoms with van der Waals surface area (Å²) in [7, 11) is 0. The Morgan fingerprint density at radius 3 is 2.23 bits per heavy atom. The number of rotatable bonds is 36. The van der Waals surface area contributed by atoms with Gasteiger partial charge in [0.05, 0.1) is 54.5 Å². The molecule has 0 unspecified atom stereocenters. The molecule has 3 aliphatic heterocycles. The molecule has 0 aliphatic carbocycles. The Kier molecular flexibility index (Phi) is 29.6. The van der Waals surface area contributed by atoms with E-state index in [1.165, 1.54) is 24.8 Å². The van der Waals surface area contributed by atoms with Crippen molar-refractivity contribution in [1.82, 2.24) is 21.3 Å². The number of nitrogens with one attached hydrogen (secondary N) is 4. The molecule has 5 amide bonds. The average molecular weight is 1150 g/mol. The molecule has 19 nitrogen and oxygen atoms in total. The third kappa shape index (κ3) is 26.8. The maximum absolute atomic E-state index is 13.7. The summed E-state index contributed by atoms with van der Waals surface area (Å²) in [5.41, 5.74) is 7.39. The van der Waals surface area contributed by atoms with Gasteiger partial charge in [-0.3, -0.25) is 38.4 Å². The number of esters is 2. The summed E-state index contributed by atoms with van der Waals surface area (Å²) in [5, 5.41) is 11.3. The summed E-state index contributed by atoms with van der Waals surface area (Å²) in [6.45, 7) is 14.3. The summed E-state index contributed by atoms with van der Waals surface area (Å²) in [6, 6.07) is 5.33. The number of Topliss-reactive ketones (excluding diaryl/α,β-unsaturated/α-hetero) is 3. The Labute approximate surface area is 483 Å². The fraction of sp³-hybridized carbons (Fsp3) is 0.656. The first-order valence-electron chi connectivity index (χ1n) is 28.9. The number of primary amides is 1. The van der Waals surface area contributed by atoms with Crippen LogP contribution in [-0.4, -0.2) is 133 Å². The number of amides is 5. The predicted molar refractivity (Wildman–Crippen MR) is 309 cm³/mol. The van der Waals surface area contributed by atoms with Gasteiger partial charge in [0, 0.05) is 83.4 Å². The highest BCUT2D eigenvalue weighted by atomic mass is 32.2. The van der Waals surface area contributed by atoms with E-state index in [1.807, 2.05) is 46.1 Å². The number of epoxide rings is 1. The molecular formula is C61H91N5O14S. The van der Waals surface area contributed by atoms with E-state index in [2.05, 4.69) is 34.3 Å². The van der Waals surface area contributed by atoms with Crippen molar-refractivity contribution in [2.45, 2.75) is 206 Å². The Morgan fingerprint density at radius 1 is 0.852 bits per heavy atom. The zero-order valence-corrected chi connectivity index (χ0v) is 49.8. The van der Waals surface area contributed by atoms with Crippen molar-refractivity contribution in [2.75, 3.05) is 31.7 Å². The highest BCUT2D eigenvalue weighted by Gasteiger charge is 2.51. The van der Waals surface area contributed by atoms with Crippen molar-refractivity contribution in [3.8, 4) is 0 Å². The highest BCUT2D eigenvalue weighted by molar-refractivity contribution is 7.99. The topological polar surface area (TPSA) is 277 Å². The van der Waals surface area contributed by atoms with Gasteiger partial charge in [0.15, 0.2) is 5.78 Å². The number of nitrogens with two attached hydrogens (primary N) is 1. The first-order chi connectivity index (χ1) is 38.5. The van der Waals surface area contributed by atoms with Crippen LogP contribution in [0.25, 0.3) is 0 Å². The quantitative estimate of drug-likeness (QED) is 0.0146. The van der Waals surface area contributed by atoms with Crippen molar-refractivity contribution in [3.05, 3.63) is 71.3 Å². The molecule has 3 saturated heterocycles. The molecule has 0 aromatic heterocycles. The fourth-order valence-electron chi connectivity index (χ4n) is 10.1. The summed E-state index contributed by atoms with van der Waals surface area (Å²) >= 11 is 1.46. The third-order valence-electron chi connectivity index (χ3n) is 14.8. The second kappa shape index (κ2) is 35.3. The Hall–Kier alpha value is -5.70. The van der Waals surface area contributed by atoms with Crippen LogP contribution in [0.15, 0.2) is 60.2 Å². The zero-order chi connectivity index (χ0) is 59.5. The van der Waals surface area contributed by atoms with Crippen molar-refractivity contribution in [3.63, 3.8) is 0 Å². The number of carbonyl (C=O) groups excluding carboxylic acids is 9. The lowest BCUT2D eigenvalue weighted by Crippen LogP contribution is -2.50. The van der Waals surface area contributed by atoms with E-state index in [0.29, 0.717) is 75.0 Å². The van der Waals surface area contributed by atoms with Gasteiger partial charge in [-0.05, 0) is 101 Å². The van der Waals surface area contributed by atoms with Crippen LogP contribution in [0, 0.1) is 17.8 Å². The molecule has 10 atom stereocenters. The van der Waals surface area contributed by atoms with Gasteiger partial charge in [-0.15, -0.1) is 0 Å². The molecule has 3 heterocycles. The van der Waals surface area contributed by atoms with Crippen molar-refractivity contribution in [1.29, 1.82) is 0 Å². The number of urea groups is 1. The molecule has 0 saturated carbocycles. The molecule has 20 heteroatoms. The van der Waals surface area contributed by atoms with Crippen molar-refractivity contribution >= 4 is 64.8 Å². The van der Waals surface area contributed by atoms with Gasteiger partial charge in [0.25, 0.3) is 0 Å². The standard InChI is InChI=1S/C61H91N5O14S/c1-39(2)51(33-48(69)14-10-9-11-28-63-57(72)37-81-8)59(74)66-52(16-13-29-64-60(62)75)54(70)31-45-21-23-46(24-22-45)36-76-58(73)17-12-15-47(68)32-50-35-61(38-77-61)34-49(80-50)25-18-40(3)19-26-55-41(4)30-53(43(6)79-55)65-56(71)27-20-42(5)78-44(7)67/h18-25,27,39,41-43,49-53,55H,9-17,26,28-38H2,1-8H3,(H,63,72)(H,65,71)(H,66,74)(H3,62,64,75)/b25-18+,27-20-,40-19+/t41-,42-,43+,49+,50+,51-,52-,53+,55-,61+/m0/s1. The van der Waals surface area contributed by atoms with Crippen LogP contribution in [0.3, 0.4) is 0 Å². The van der Waals surface area contributed by atoms with Gasteiger partial charge in [0.2, 0.25) is 17.7 Å². The Bertz CT molecular complexity index is 2350. The number of allylic oxidation sites excluding steroid dienone is 2. The van der Waals surface area contributed by atoms with Gasteiger partial charge < -0.3 is 50.7 Å². The maximum atomic E-state index is 13.7. The molecule has 1 spiro atoms. The van der Waals surface area contributed by atoms with Gasteiger partial charge in [-0.25, -0.2) is 4.79 Å². The minimum absolute atomic E-state index is 0.000342. The summed E-state index contributed by atoms with van der Waals surface area (Å²) in [5.74, 6) is -1.99. The second-order valence-corrected chi connectivity index (χ2v) is 23.4. The van der Waals surface area contributed by atoms with Crippen LogP contribution in [0.5, 0.6) is 0 Å². The van der Waals surface area contributed by atoms with Crippen molar-refractivity contribution < 1.29 is 66.8 Å². The van der Waals surface area contributed by atoms with Crippen molar-refractivity contribution in [2.24, 2.45) is 23.5 Å². The SMILES string of the molecule is CSCC(=O)NCCCCCC(=O)C[C@H](C(=O)N[C@@H](CCCNC(N)=O)C(=O)Cc1ccc(COC(=O)CCCC(=O)C[C@@H]2C[C@@]3(CO3)C[C@@H](/C=C/C(C)=C/C[C@@H]3O[C@H](C)[C@H](NC(=O)/C=C\[C@H](C)OC(C)=O)C[C@@H]3C)O2)cc1)C(C)C. The molecule has 81 heavy (non-hydrogen) atoms. The lowest BCUT2D eigenvalue weighted by Gasteiger charge is -2.39. The number of benzene rings is 1. The minimum Gasteiger partial charge on any atom is -0.461 e. The van der Waals surface area contributed by atoms with Crippen LogP contribution in [0.1, 0.15) is 156 Å². The molecule has 3 fully saturated rings. The molecule has 3 aliphatic rings. The monoisotopic (exact) mass is 1150 g/mol. The largest absolute Gasteiger partial charge is 0.461 e. The third-order valence-corrected chi connectivity index (χ3v) is 15.4. The first kappa shape index (κ1) is 67.8. The van der Waals surface area contributed by atoms with E-state index < -0.39 is 36.0 Å². The lowest BCUT2D eigenvalue weighted by atomic mass is 9.88. The smallest absolute Gasteiger partial charge is 0.312 e. The minimum atomic E-state index is -0.876. The maximum Gasteiger partial charge on any atom is 0.312 e. The normalized spacial score (nSPS) is 22.9. The van der Waals surface area contributed by atoms with Crippen LogP contribution >= 0.6 is 11.8 Å². The van der Waals surface area contributed by atoms with Crippen LogP contribution in [-0.2, 0) is 75.1 Å². The molecule has 1 aromatic rings. The van der Waals surface area contributed by atoms with E-state index in [0.717, 1.165) is 24.8 Å². The van der Waals surface area contributed by atoms with Gasteiger partial charge >= 0.3 is 18.0 Å². The highest BCUT2D eigenvalue weighted by Crippen LogP contribution is 2.43. The van der Waals surface area contributed by atoms with Crippen LogP contribution in [0.4, 0.5) is 4.79 Å². The predicted octanol–water partition coefficient (Wildman–Crippen LogP) is 7.19. The Balaban J connectivity index is 1.17. The summed E-state index contributed by atoms with van der Waals surface area (Å²) < 4.78 is 29.2. The van der Waals surface area contributed by atoms with Gasteiger partial charge in [0.1, 0.15) is 24.3 Å². The van der Waals surface area contributed by atoms with Gasteiger partial charge in [-0.1, -0.05) is 75.3 Å².